The predicted octanol–water partition coefficient (Wildman–Crippen LogP) is 5.50. The number of rotatable bonds is 5. The quantitative estimate of drug-likeness (QED) is 0.410. The van der Waals surface area contributed by atoms with Gasteiger partial charge in [0.25, 0.3) is 0 Å². The van der Waals surface area contributed by atoms with E-state index < -0.39 is 5.92 Å². The largest absolute Gasteiger partial charge is 0.325 e. The molecule has 4 aromatic carbocycles. The molecule has 0 saturated heterocycles. The van der Waals surface area contributed by atoms with E-state index in [1.54, 1.807) is 4.80 Å². The maximum absolute atomic E-state index is 13.4. The molecule has 5 rings (SSSR count). The third-order valence-electron chi connectivity index (χ3n) is 5.44. The highest BCUT2D eigenvalue weighted by Crippen LogP contribution is 2.27. The van der Waals surface area contributed by atoms with E-state index in [0.29, 0.717) is 5.69 Å². The molecule has 0 aliphatic heterocycles. The van der Waals surface area contributed by atoms with Gasteiger partial charge in [-0.2, -0.15) is 4.80 Å². The number of nitrogens with zero attached hydrogens (tertiary/aromatic N) is 3. The SMILES string of the molecule is Cc1ccc(-n2nc3ccc(NC(=O)C(c4ccccc4)c4ccccc4)cc3n2)cc1. The van der Waals surface area contributed by atoms with Gasteiger partial charge in [-0.25, -0.2) is 0 Å². The van der Waals surface area contributed by atoms with E-state index in [2.05, 4.69) is 15.5 Å². The lowest BCUT2D eigenvalue weighted by Crippen LogP contribution is -2.22. The second kappa shape index (κ2) is 8.47. The van der Waals surface area contributed by atoms with Gasteiger partial charge in [0, 0.05) is 5.69 Å². The summed E-state index contributed by atoms with van der Waals surface area (Å²) < 4.78 is 0. The van der Waals surface area contributed by atoms with Crippen LogP contribution in [0.4, 0.5) is 5.69 Å². The van der Waals surface area contributed by atoms with E-state index >= 15 is 0 Å². The number of carbonyl (C=O) groups excluding carboxylic acids is 1. The monoisotopic (exact) mass is 418 g/mol. The molecular weight excluding hydrogens is 396 g/mol. The lowest BCUT2D eigenvalue weighted by Gasteiger charge is -2.18. The minimum atomic E-state index is -0.406. The van der Waals surface area contributed by atoms with Crippen LogP contribution in [0.1, 0.15) is 22.6 Å². The third kappa shape index (κ3) is 4.01. The summed E-state index contributed by atoms with van der Waals surface area (Å²) in [4.78, 5) is 15.0. The number of hydrogen-bond donors (Lipinski definition) is 1. The van der Waals surface area contributed by atoms with Gasteiger partial charge in [0.2, 0.25) is 5.91 Å². The molecule has 0 radical (unpaired) electrons. The van der Waals surface area contributed by atoms with Gasteiger partial charge in [0.05, 0.1) is 11.6 Å². The van der Waals surface area contributed by atoms with E-state index in [-0.39, 0.29) is 5.91 Å². The molecule has 5 aromatic rings. The fourth-order valence-corrected chi connectivity index (χ4v) is 3.79. The standard InChI is InChI=1S/C27H22N4O/c1-19-12-15-23(16-13-19)31-29-24-17-14-22(18-25(24)30-31)28-27(32)26(20-8-4-2-5-9-20)21-10-6-3-7-11-21/h2-18,26H,1H3,(H,28,32). The van der Waals surface area contributed by atoms with Crippen molar-refractivity contribution in [1.29, 1.82) is 0 Å². The Morgan fingerprint density at radius 1 is 0.750 bits per heavy atom. The predicted molar refractivity (Wildman–Crippen MR) is 127 cm³/mol. The van der Waals surface area contributed by atoms with Crippen LogP contribution in [0.5, 0.6) is 0 Å². The van der Waals surface area contributed by atoms with Gasteiger partial charge in [-0.3, -0.25) is 4.79 Å². The highest BCUT2D eigenvalue weighted by molar-refractivity contribution is 5.99. The normalized spacial score (nSPS) is 11.1. The highest BCUT2D eigenvalue weighted by atomic mass is 16.1. The average Bonchev–Trinajstić information content (AvgIpc) is 3.24. The molecule has 156 valence electrons. The molecule has 1 heterocycles. The molecule has 0 unspecified atom stereocenters. The molecule has 1 N–H and O–H groups in total. The first-order valence-electron chi connectivity index (χ1n) is 10.5. The summed E-state index contributed by atoms with van der Waals surface area (Å²) in [5.74, 6) is -0.496. The number of fused-ring (bicyclic) bond motifs is 1. The van der Waals surface area contributed by atoms with Gasteiger partial charge >= 0.3 is 0 Å². The Hall–Kier alpha value is -4.25. The van der Waals surface area contributed by atoms with Crippen LogP contribution in [0.15, 0.2) is 103 Å². The van der Waals surface area contributed by atoms with Crippen molar-refractivity contribution in [3.63, 3.8) is 0 Å². The molecule has 0 fully saturated rings. The number of anilines is 1. The second-order valence-corrected chi connectivity index (χ2v) is 7.77. The van der Waals surface area contributed by atoms with Gasteiger partial charge < -0.3 is 5.32 Å². The van der Waals surface area contributed by atoms with Crippen LogP contribution >= 0.6 is 0 Å². The summed E-state index contributed by atoms with van der Waals surface area (Å²) in [6, 6.07) is 33.3. The minimum absolute atomic E-state index is 0.0901. The summed E-state index contributed by atoms with van der Waals surface area (Å²) in [5.41, 5.74) is 6.15. The van der Waals surface area contributed by atoms with Crippen molar-refractivity contribution in [2.45, 2.75) is 12.8 Å². The molecule has 0 atom stereocenters. The molecule has 5 nitrogen and oxygen atoms in total. The van der Waals surface area contributed by atoms with Crippen molar-refractivity contribution in [1.82, 2.24) is 15.0 Å². The molecule has 0 aliphatic rings. The van der Waals surface area contributed by atoms with Crippen molar-refractivity contribution in [2.75, 3.05) is 5.32 Å². The number of carbonyl (C=O) groups is 1. The van der Waals surface area contributed by atoms with Crippen molar-refractivity contribution in [3.8, 4) is 5.69 Å². The zero-order chi connectivity index (χ0) is 21.9. The topological polar surface area (TPSA) is 59.8 Å². The zero-order valence-corrected chi connectivity index (χ0v) is 17.6. The van der Waals surface area contributed by atoms with Crippen molar-refractivity contribution >= 4 is 22.6 Å². The molecule has 0 bridgehead atoms. The Bertz CT molecular complexity index is 1320. The number of nitrogens with one attached hydrogen (secondary N) is 1. The van der Waals surface area contributed by atoms with E-state index in [1.165, 1.54) is 5.56 Å². The first-order chi connectivity index (χ1) is 15.7. The van der Waals surface area contributed by atoms with E-state index in [4.69, 9.17) is 0 Å². The Morgan fingerprint density at radius 2 is 1.34 bits per heavy atom. The van der Waals surface area contributed by atoms with Crippen LogP contribution in [-0.2, 0) is 4.79 Å². The fourth-order valence-electron chi connectivity index (χ4n) is 3.79. The average molecular weight is 419 g/mol. The third-order valence-corrected chi connectivity index (χ3v) is 5.44. The number of hydrogen-bond acceptors (Lipinski definition) is 3. The van der Waals surface area contributed by atoms with Gasteiger partial charge in [0.15, 0.2) is 0 Å². The minimum Gasteiger partial charge on any atom is -0.325 e. The van der Waals surface area contributed by atoms with Gasteiger partial charge in [-0.1, -0.05) is 78.4 Å². The number of amides is 1. The van der Waals surface area contributed by atoms with Crippen LogP contribution < -0.4 is 5.32 Å². The van der Waals surface area contributed by atoms with E-state index in [0.717, 1.165) is 27.8 Å². The van der Waals surface area contributed by atoms with E-state index in [1.807, 2.05) is 110 Å². The molecule has 1 aromatic heterocycles. The molecule has 0 spiro atoms. The van der Waals surface area contributed by atoms with Crippen LogP contribution in [0.25, 0.3) is 16.7 Å². The van der Waals surface area contributed by atoms with Gasteiger partial charge in [-0.15, -0.1) is 10.2 Å². The zero-order valence-electron chi connectivity index (χ0n) is 17.6. The summed E-state index contributed by atoms with van der Waals surface area (Å²) in [6.45, 7) is 2.05. The van der Waals surface area contributed by atoms with Crippen LogP contribution in [0.2, 0.25) is 0 Å². The van der Waals surface area contributed by atoms with Crippen molar-refractivity contribution < 1.29 is 4.79 Å². The number of aromatic nitrogens is 3. The lowest BCUT2D eigenvalue weighted by atomic mass is 9.90. The van der Waals surface area contributed by atoms with Gasteiger partial charge in [-0.05, 0) is 48.4 Å². The first-order valence-corrected chi connectivity index (χ1v) is 10.5. The van der Waals surface area contributed by atoms with Crippen LogP contribution in [0.3, 0.4) is 0 Å². The van der Waals surface area contributed by atoms with Crippen molar-refractivity contribution in [2.24, 2.45) is 0 Å². The van der Waals surface area contributed by atoms with Gasteiger partial charge in [0.1, 0.15) is 11.0 Å². The summed E-state index contributed by atoms with van der Waals surface area (Å²) in [7, 11) is 0. The summed E-state index contributed by atoms with van der Waals surface area (Å²) in [5, 5.41) is 12.2. The molecular formula is C27H22N4O. The Morgan fingerprint density at radius 3 is 1.97 bits per heavy atom. The van der Waals surface area contributed by atoms with Crippen LogP contribution in [0, 0.1) is 6.92 Å². The first kappa shape index (κ1) is 19.7. The smallest absolute Gasteiger partial charge is 0.236 e. The maximum atomic E-state index is 13.4. The number of aryl methyl sites for hydroxylation is 1. The molecule has 0 saturated carbocycles. The summed E-state index contributed by atoms with van der Waals surface area (Å²) in [6.07, 6.45) is 0. The van der Waals surface area contributed by atoms with Crippen molar-refractivity contribution in [3.05, 3.63) is 120 Å². The van der Waals surface area contributed by atoms with E-state index in [9.17, 15) is 4.79 Å². The Balaban J connectivity index is 1.44. The molecule has 0 aliphatic carbocycles. The second-order valence-electron chi connectivity index (χ2n) is 7.77. The molecule has 1 amide bonds. The molecule has 5 heteroatoms. The van der Waals surface area contributed by atoms with Crippen LogP contribution in [-0.4, -0.2) is 20.9 Å². The maximum Gasteiger partial charge on any atom is 0.236 e. The summed E-state index contributed by atoms with van der Waals surface area (Å²) >= 11 is 0. The Kier molecular flexibility index (Phi) is 5.22. The fraction of sp³-hybridized carbons (Fsp3) is 0.0741. The highest BCUT2D eigenvalue weighted by Gasteiger charge is 2.22. The number of benzene rings is 4. The lowest BCUT2D eigenvalue weighted by molar-refractivity contribution is -0.116. The molecule has 32 heavy (non-hydrogen) atoms. The Labute approximate surface area is 186 Å².